The number of amides is 1. The fourth-order valence-corrected chi connectivity index (χ4v) is 1.76. The second-order valence-corrected chi connectivity index (χ2v) is 4.71. The molecule has 1 N–H and O–H groups in total. The lowest BCUT2D eigenvalue weighted by Gasteiger charge is -2.15. The van der Waals surface area contributed by atoms with Gasteiger partial charge in [0.25, 0.3) is 0 Å². The van der Waals surface area contributed by atoms with Crippen molar-refractivity contribution in [3.63, 3.8) is 0 Å². The Morgan fingerprint density at radius 1 is 1.17 bits per heavy atom. The second-order valence-electron chi connectivity index (χ2n) is 4.71. The van der Waals surface area contributed by atoms with E-state index in [1.54, 1.807) is 0 Å². The van der Waals surface area contributed by atoms with Crippen LogP contribution in [0.5, 0.6) is 0 Å². The molecule has 3 heteroatoms. The summed E-state index contributed by atoms with van der Waals surface area (Å²) in [7, 11) is 0. The minimum absolute atomic E-state index is 0.0397. The molecular weight excluding hydrogens is 226 g/mol. The summed E-state index contributed by atoms with van der Waals surface area (Å²) in [4.78, 5) is 23.5. The predicted octanol–water partition coefficient (Wildman–Crippen LogP) is 2.52. The van der Waals surface area contributed by atoms with Crippen molar-refractivity contribution in [1.29, 1.82) is 0 Å². The van der Waals surface area contributed by atoms with Gasteiger partial charge in [-0.1, -0.05) is 51.1 Å². The van der Waals surface area contributed by atoms with Crippen molar-refractivity contribution in [1.82, 2.24) is 5.32 Å². The van der Waals surface area contributed by atoms with Crippen LogP contribution in [-0.2, 0) is 9.59 Å². The van der Waals surface area contributed by atoms with E-state index in [1.165, 1.54) is 0 Å². The zero-order chi connectivity index (χ0) is 13.5. The summed E-state index contributed by atoms with van der Waals surface area (Å²) < 4.78 is 0. The average Bonchev–Trinajstić information content (AvgIpc) is 2.38. The summed E-state index contributed by atoms with van der Waals surface area (Å²) in [6.07, 6.45) is 0.728. The molecule has 0 saturated heterocycles. The summed E-state index contributed by atoms with van der Waals surface area (Å²) in [6, 6.07) is 9.65. The highest BCUT2D eigenvalue weighted by Gasteiger charge is 2.19. The molecule has 0 heterocycles. The SMILES string of the molecule is CCC(C(=O)NCC(=O)C(C)C)c1ccccc1. The third kappa shape index (κ3) is 3.99. The van der Waals surface area contributed by atoms with Crippen LogP contribution in [-0.4, -0.2) is 18.2 Å². The van der Waals surface area contributed by atoms with Crippen molar-refractivity contribution in [2.75, 3.05) is 6.54 Å². The van der Waals surface area contributed by atoms with Gasteiger partial charge in [0.05, 0.1) is 12.5 Å². The lowest BCUT2D eigenvalue weighted by molar-refractivity contribution is -0.127. The zero-order valence-corrected chi connectivity index (χ0v) is 11.3. The fourth-order valence-electron chi connectivity index (χ4n) is 1.76. The van der Waals surface area contributed by atoms with Crippen LogP contribution in [0.25, 0.3) is 0 Å². The van der Waals surface area contributed by atoms with Gasteiger partial charge in [0.2, 0.25) is 5.91 Å². The van der Waals surface area contributed by atoms with E-state index in [-0.39, 0.29) is 30.1 Å². The lowest BCUT2D eigenvalue weighted by atomic mass is 9.95. The Morgan fingerprint density at radius 3 is 2.28 bits per heavy atom. The third-order valence-electron chi connectivity index (χ3n) is 3.01. The molecule has 1 atom stereocenters. The molecule has 1 amide bonds. The molecule has 0 spiro atoms. The highest BCUT2D eigenvalue weighted by atomic mass is 16.2. The fraction of sp³-hybridized carbons (Fsp3) is 0.467. The number of carbonyl (C=O) groups excluding carboxylic acids is 2. The Morgan fingerprint density at radius 2 is 1.78 bits per heavy atom. The Bertz CT molecular complexity index is 398. The number of carbonyl (C=O) groups is 2. The molecule has 0 aromatic heterocycles. The largest absolute Gasteiger partial charge is 0.348 e. The molecule has 0 saturated carbocycles. The van der Waals surface area contributed by atoms with E-state index in [0.29, 0.717) is 0 Å². The van der Waals surface area contributed by atoms with Gasteiger partial charge in [-0.25, -0.2) is 0 Å². The molecule has 0 aliphatic carbocycles. The van der Waals surface area contributed by atoms with Gasteiger partial charge < -0.3 is 5.32 Å². The first-order valence-electron chi connectivity index (χ1n) is 6.41. The number of benzene rings is 1. The first-order chi connectivity index (χ1) is 8.56. The normalized spacial score (nSPS) is 12.2. The van der Waals surface area contributed by atoms with Gasteiger partial charge in [0.1, 0.15) is 0 Å². The molecule has 1 aromatic rings. The van der Waals surface area contributed by atoms with E-state index in [1.807, 2.05) is 51.1 Å². The number of rotatable bonds is 6. The Kier molecular flexibility index (Phi) is 5.56. The average molecular weight is 247 g/mol. The van der Waals surface area contributed by atoms with Gasteiger partial charge in [0, 0.05) is 5.92 Å². The molecule has 3 nitrogen and oxygen atoms in total. The molecule has 1 rings (SSSR count). The zero-order valence-electron chi connectivity index (χ0n) is 11.3. The molecule has 1 unspecified atom stereocenters. The Labute approximate surface area is 109 Å². The molecule has 0 radical (unpaired) electrons. The quantitative estimate of drug-likeness (QED) is 0.839. The number of nitrogens with one attached hydrogen (secondary N) is 1. The maximum atomic E-state index is 12.0. The number of hydrogen-bond acceptors (Lipinski definition) is 2. The standard InChI is InChI=1S/C15H21NO2/c1-4-13(12-8-6-5-7-9-12)15(18)16-10-14(17)11(2)3/h5-9,11,13H,4,10H2,1-3H3,(H,16,18). The van der Waals surface area contributed by atoms with Crippen LogP contribution in [0.4, 0.5) is 0 Å². The van der Waals surface area contributed by atoms with E-state index >= 15 is 0 Å². The van der Waals surface area contributed by atoms with Crippen LogP contribution in [0.3, 0.4) is 0 Å². The van der Waals surface area contributed by atoms with Crippen LogP contribution in [0.2, 0.25) is 0 Å². The summed E-state index contributed by atoms with van der Waals surface area (Å²) in [5.41, 5.74) is 0.995. The molecule has 18 heavy (non-hydrogen) atoms. The van der Waals surface area contributed by atoms with Gasteiger partial charge in [-0.15, -0.1) is 0 Å². The molecule has 98 valence electrons. The topological polar surface area (TPSA) is 46.2 Å². The van der Waals surface area contributed by atoms with Crippen molar-refractivity contribution in [2.24, 2.45) is 5.92 Å². The van der Waals surface area contributed by atoms with Crippen LogP contribution in [0.1, 0.15) is 38.7 Å². The maximum absolute atomic E-state index is 12.0. The first-order valence-corrected chi connectivity index (χ1v) is 6.41. The van der Waals surface area contributed by atoms with Gasteiger partial charge in [-0.2, -0.15) is 0 Å². The summed E-state index contributed by atoms with van der Waals surface area (Å²) in [6.45, 7) is 5.77. The molecule has 0 aliphatic heterocycles. The van der Waals surface area contributed by atoms with Crippen molar-refractivity contribution in [2.45, 2.75) is 33.1 Å². The molecule has 1 aromatic carbocycles. The Balaban J connectivity index is 2.61. The summed E-state index contributed by atoms with van der Waals surface area (Å²) in [5.74, 6) is -0.225. The van der Waals surface area contributed by atoms with Gasteiger partial charge in [-0.05, 0) is 12.0 Å². The number of Topliss-reactive ketones (excluding diaryl/α,β-unsaturated/α-hetero) is 1. The molecule has 0 bridgehead atoms. The van der Waals surface area contributed by atoms with Crippen LogP contribution >= 0.6 is 0 Å². The van der Waals surface area contributed by atoms with E-state index in [4.69, 9.17) is 0 Å². The van der Waals surface area contributed by atoms with E-state index in [2.05, 4.69) is 5.32 Å². The summed E-state index contributed by atoms with van der Waals surface area (Å²) >= 11 is 0. The second kappa shape index (κ2) is 6.94. The van der Waals surface area contributed by atoms with Gasteiger partial charge in [0.15, 0.2) is 5.78 Å². The highest BCUT2D eigenvalue weighted by molar-refractivity contribution is 5.89. The van der Waals surface area contributed by atoms with E-state index < -0.39 is 0 Å². The smallest absolute Gasteiger partial charge is 0.227 e. The monoisotopic (exact) mass is 247 g/mol. The molecule has 0 aliphatic rings. The Hall–Kier alpha value is -1.64. The number of ketones is 1. The van der Waals surface area contributed by atoms with Crippen molar-refractivity contribution in [3.8, 4) is 0 Å². The van der Waals surface area contributed by atoms with Crippen LogP contribution < -0.4 is 5.32 Å². The molecular formula is C15H21NO2. The molecule has 0 fully saturated rings. The van der Waals surface area contributed by atoms with Crippen LogP contribution in [0.15, 0.2) is 30.3 Å². The minimum atomic E-state index is -0.175. The van der Waals surface area contributed by atoms with Crippen molar-refractivity contribution < 1.29 is 9.59 Å². The number of hydrogen-bond donors (Lipinski definition) is 1. The van der Waals surface area contributed by atoms with Gasteiger partial charge in [-0.3, -0.25) is 9.59 Å². The maximum Gasteiger partial charge on any atom is 0.227 e. The lowest BCUT2D eigenvalue weighted by Crippen LogP contribution is -2.34. The third-order valence-corrected chi connectivity index (χ3v) is 3.01. The minimum Gasteiger partial charge on any atom is -0.348 e. The van der Waals surface area contributed by atoms with Gasteiger partial charge >= 0.3 is 0 Å². The van der Waals surface area contributed by atoms with Crippen molar-refractivity contribution in [3.05, 3.63) is 35.9 Å². The van der Waals surface area contributed by atoms with Crippen LogP contribution in [0, 0.1) is 5.92 Å². The van der Waals surface area contributed by atoms with E-state index in [9.17, 15) is 9.59 Å². The first kappa shape index (κ1) is 14.4. The highest BCUT2D eigenvalue weighted by Crippen LogP contribution is 2.19. The van der Waals surface area contributed by atoms with E-state index in [0.717, 1.165) is 12.0 Å². The predicted molar refractivity (Wildman–Crippen MR) is 72.3 cm³/mol. The van der Waals surface area contributed by atoms with Crippen molar-refractivity contribution >= 4 is 11.7 Å². The summed E-state index contributed by atoms with van der Waals surface area (Å²) in [5, 5.41) is 2.72.